The predicted molar refractivity (Wildman–Crippen MR) is 88.6 cm³/mol. The topological polar surface area (TPSA) is 53.4 Å². The average molecular weight is 326 g/mol. The van der Waals surface area contributed by atoms with Crippen molar-refractivity contribution < 1.29 is 14.3 Å². The van der Waals surface area contributed by atoms with Crippen molar-refractivity contribution in [1.29, 1.82) is 0 Å². The van der Waals surface area contributed by atoms with Gasteiger partial charge in [-0.3, -0.25) is 4.68 Å². The van der Waals surface area contributed by atoms with Crippen LogP contribution in [-0.4, -0.2) is 34.6 Å². The number of hydrogen-bond acceptors (Lipinski definition) is 4. The van der Waals surface area contributed by atoms with Crippen molar-refractivity contribution in [3.63, 3.8) is 0 Å². The molecule has 1 aromatic carbocycles. The molecule has 2 heterocycles. The van der Waals surface area contributed by atoms with Crippen molar-refractivity contribution >= 4 is 5.97 Å². The Kier molecular flexibility index (Phi) is 3.68. The van der Waals surface area contributed by atoms with E-state index in [2.05, 4.69) is 18.9 Å². The number of ether oxygens (including phenoxy) is 2. The highest BCUT2D eigenvalue weighted by Gasteiger charge is 2.61. The summed E-state index contributed by atoms with van der Waals surface area (Å²) >= 11 is 0. The van der Waals surface area contributed by atoms with Gasteiger partial charge in [-0.05, 0) is 30.2 Å². The summed E-state index contributed by atoms with van der Waals surface area (Å²) < 4.78 is 13.4. The van der Waals surface area contributed by atoms with Crippen LogP contribution in [0.25, 0.3) is 0 Å². The van der Waals surface area contributed by atoms with Crippen LogP contribution in [-0.2, 0) is 16.0 Å². The molecule has 5 heteroatoms. The number of rotatable bonds is 4. The van der Waals surface area contributed by atoms with Crippen LogP contribution in [0.3, 0.4) is 0 Å². The number of carbonyl (C=O) groups is 1. The monoisotopic (exact) mass is 326 g/mol. The van der Waals surface area contributed by atoms with Gasteiger partial charge in [0, 0.05) is 30.3 Å². The minimum atomic E-state index is -0.246. The van der Waals surface area contributed by atoms with Crippen LogP contribution in [0.15, 0.2) is 42.7 Å². The Labute approximate surface area is 141 Å². The Morgan fingerprint density at radius 3 is 2.88 bits per heavy atom. The third kappa shape index (κ3) is 2.53. The molecule has 2 aromatic rings. The van der Waals surface area contributed by atoms with E-state index in [1.54, 1.807) is 6.20 Å². The number of esters is 1. The van der Waals surface area contributed by atoms with E-state index in [0.29, 0.717) is 18.0 Å². The van der Waals surface area contributed by atoms with E-state index in [1.165, 1.54) is 0 Å². The molecule has 2 fully saturated rings. The summed E-state index contributed by atoms with van der Waals surface area (Å²) in [6.07, 6.45) is 4.83. The van der Waals surface area contributed by atoms with E-state index in [-0.39, 0.29) is 23.6 Å². The van der Waals surface area contributed by atoms with Crippen LogP contribution in [0.5, 0.6) is 0 Å². The highest BCUT2D eigenvalue weighted by atomic mass is 16.6. The summed E-state index contributed by atoms with van der Waals surface area (Å²) in [4.78, 5) is 12.5. The molecule has 1 aromatic heterocycles. The van der Waals surface area contributed by atoms with Crippen LogP contribution < -0.4 is 0 Å². The smallest absolute Gasteiger partial charge is 0.338 e. The zero-order chi connectivity index (χ0) is 16.7. The van der Waals surface area contributed by atoms with Gasteiger partial charge in [0.15, 0.2) is 0 Å². The predicted octanol–water partition coefficient (Wildman–Crippen LogP) is 2.90. The molecule has 0 bridgehead atoms. The molecule has 1 saturated heterocycles. The van der Waals surface area contributed by atoms with Crippen molar-refractivity contribution in [3.05, 3.63) is 53.9 Å². The van der Waals surface area contributed by atoms with Gasteiger partial charge in [-0.25, -0.2) is 4.79 Å². The first-order valence-corrected chi connectivity index (χ1v) is 8.44. The molecule has 0 radical (unpaired) electrons. The fourth-order valence-electron chi connectivity index (χ4n) is 4.03. The Hall–Kier alpha value is -2.14. The molecule has 126 valence electrons. The van der Waals surface area contributed by atoms with Gasteiger partial charge in [0.1, 0.15) is 6.10 Å². The summed E-state index contributed by atoms with van der Waals surface area (Å²) in [7, 11) is 0. The van der Waals surface area contributed by atoms with Crippen molar-refractivity contribution in [2.24, 2.45) is 11.3 Å². The van der Waals surface area contributed by atoms with Crippen LogP contribution in [0, 0.1) is 11.3 Å². The molecule has 2 aliphatic rings. The number of carbonyl (C=O) groups excluding carboxylic acids is 1. The maximum absolute atomic E-state index is 12.5. The zero-order valence-electron chi connectivity index (χ0n) is 14.0. The first-order chi connectivity index (χ1) is 11.6. The lowest BCUT2D eigenvalue weighted by Crippen LogP contribution is -2.61. The van der Waals surface area contributed by atoms with Gasteiger partial charge in [0.25, 0.3) is 0 Å². The van der Waals surface area contributed by atoms with E-state index < -0.39 is 0 Å². The summed E-state index contributed by atoms with van der Waals surface area (Å²) in [6, 6.07) is 9.45. The fraction of sp³-hybridized carbons (Fsp3) is 0.474. The van der Waals surface area contributed by atoms with E-state index in [4.69, 9.17) is 9.47 Å². The Bertz CT molecular complexity index is 722. The lowest BCUT2D eigenvalue weighted by molar-refractivity contribution is -0.183. The molecule has 0 N–H and O–H groups in total. The molecule has 0 amide bonds. The second kappa shape index (κ2) is 5.74. The maximum Gasteiger partial charge on any atom is 0.338 e. The highest BCUT2D eigenvalue weighted by Crippen LogP contribution is 2.53. The molecular weight excluding hydrogens is 304 g/mol. The quantitative estimate of drug-likeness (QED) is 0.811. The Morgan fingerprint density at radius 2 is 2.17 bits per heavy atom. The molecular formula is C19H22N2O3. The normalized spacial score (nSPS) is 27.3. The van der Waals surface area contributed by atoms with Gasteiger partial charge in [0.2, 0.25) is 0 Å². The number of aromatic nitrogens is 2. The van der Waals surface area contributed by atoms with Crippen molar-refractivity contribution in [2.45, 2.75) is 39.0 Å². The van der Waals surface area contributed by atoms with Crippen LogP contribution in [0.2, 0.25) is 0 Å². The number of fused-ring (bicyclic) bond motifs is 1. The average Bonchev–Trinajstić information content (AvgIpc) is 3.23. The first kappa shape index (κ1) is 15.4. The molecule has 3 atom stereocenters. The minimum absolute atomic E-state index is 0.0544. The SMILES string of the molecule is CC1(C)[C@H](OC(=O)c2ccc(Cn3cccn3)cc2)[C@H]2CCO[C@@H]21. The Balaban J connectivity index is 1.41. The van der Waals surface area contributed by atoms with Crippen LogP contribution >= 0.6 is 0 Å². The zero-order valence-corrected chi connectivity index (χ0v) is 14.0. The second-order valence-corrected chi connectivity index (χ2v) is 7.29. The molecule has 0 unspecified atom stereocenters. The second-order valence-electron chi connectivity index (χ2n) is 7.29. The lowest BCUT2D eigenvalue weighted by Gasteiger charge is -2.53. The van der Waals surface area contributed by atoms with Crippen molar-refractivity contribution in [1.82, 2.24) is 9.78 Å². The lowest BCUT2D eigenvalue weighted by atomic mass is 9.59. The molecule has 1 aliphatic carbocycles. The molecule has 1 saturated carbocycles. The van der Waals surface area contributed by atoms with Gasteiger partial charge in [-0.2, -0.15) is 5.10 Å². The Morgan fingerprint density at radius 1 is 1.38 bits per heavy atom. The minimum Gasteiger partial charge on any atom is -0.458 e. The largest absolute Gasteiger partial charge is 0.458 e. The standard InChI is InChI=1S/C19H22N2O3/c1-19(2)16-15(8-11-23-16)17(19)24-18(22)14-6-4-13(5-7-14)12-21-10-3-9-20-21/h3-7,9-10,15-17H,8,11-12H2,1-2H3/t15-,16-,17+/m0/s1. The van der Waals surface area contributed by atoms with Gasteiger partial charge < -0.3 is 9.47 Å². The third-order valence-electron chi connectivity index (χ3n) is 5.32. The first-order valence-electron chi connectivity index (χ1n) is 8.44. The van der Waals surface area contributed by atoms with E-state index in [9.17, 15) is 4.79 Å². The van der Waals surface area contributed by atoms with Gasteiger partial charge >= 0.3 is 5.97 Å². The highest BCUT2D eigenvalue weighted by molar-refractivity contribution is 5.89. The van der Waals surface area contributed by atoms with Gasteiger partial charge in [-0.1, -0.05) is 26.0 Å². The number of benzene rings is 1. The van der Waals surface area contributed by atoms with Gasteiger partial charge in [0.05, 0.1) is 18.2 Å². The van der Waals surface area contributed by atoms with E-state index in [0.717, 1.165) is 18.6 Å². The number of hydrogen-bond donors (Lipinski definition) is 0. The molecule has 4 rings (SSSR count). The molecule has 5 nitrogen and oxygen atoms in total. The van der Waals surface area contributed by atoms with E-state index in [1.807, 2.05) is 41.2 Å². The van der Waals surface area contributed by atoms with E-state index >= 15 is 0 Å². The third-order valence-corrected chi connectivity index (χ3v) is 5.32. The van der Waals surface area contributed by atoms with Crippen molar-refractivity contribution in [2.75, 3.05) is 6.61 Å². The molecule has 0 spiro atoms. The number of nitrogens with zero attached hydrogens (tertiary/aromatic N) is 2. The maximum atomic E-state index is 12.5. The summed E-state index contributed by atoms with van der Waals surface area (Å²) in [6.45, 7) is 5.70. The molecule has 1 aliphatic heterocycles. The van der Waals surface area contributed by atoms with Crippen LogP contribution in [0.4, 0.5) is 0 Å². The van der Waals surface area contributed by atoms with Gasteiger partial charge in [-0.15, -0.1) is 0 Å². The summed E-state index contributed by atoms with van der Waals surface area (Å²) in [5.41, 5.74) is 1.59. The summed E-state index contributed by atoms with van der Waals surface area (Å²) in [5.74, 6) is 0.104. The van der Waals surface area contributed by atoms with Crippen molar-refractivity contribution in [3.8, 4) is 0 Å². The summed E-state index contributed by atoms with van der Waals surface area (Å²) in [5, 5.41) is 4.19. The fourth-order valence-corrected chi connectivity index (χ4v) is 4.03. The molecule has 24 heavy (non-hydrogen) atoms. The van der Waals surface area contributed by atoms with Crippen LogP contribution in [0.1, 0.15) is 36.2 Å².